The highest BCUT2D eigenvalue weighted by Gasteiger charge is 2.42. The first-order valence-corrected chi connectivity index (χ1v) is 9.12. The first kappa shape index (κ1) is 13.8. The molecular formula is C13H24N2O3S. The molecule has 0 aromatic rings. The van der Waals surface area contributed by atoms with Gasteiger partial charge in [-0.05, 0) is 38.6 Å². The van der Waals surface area contributed by atoms with E-state index in [1.54, 1.807) is 4.31 Å². The second-order valence-electron chi connectivity index (χ2n) is 5.94. The molecule has 0 spiro atoms. The van der Waals surface area contributed by atoms with E-state index >= 15 is 0 Å². The summed E-state index contributed by atoms with van der Waals surface area (Å²) in [6.07, 6.45) is 6.49. The third-order valence-electron chi connectivity index (χ3n) is 4.61. The molecule has 1 aliphatic carbocycles. The molecule has 110 valence electrons. The molecule has 1 saturated carbocycles. The fourth-order valence-electron chi connectivity index (χ4n) is 3.65. The van der Waals surface area contributed by atoms with Gasteiger partial charge in [0.1, 0.15) is 0 Å². The number of rotatable bonds is 3. The Morgan fingerprint density at radius 1 is 1.16 bits per heavy atom. The van der Waals surface area contributed by atoms with E-state index in [4.69, 9.17) is 4.74 Å². The van der Waals surface area contributed by atoms with Gasteiger partial charge in [-0.2, -0.15) is 4.31 Å². The van der Waals surface area contributed by atoms with E-state index in [-0.39, 0.29) is 23.9 Å². The van der Waals surface area contributed by atoms with Crippen molar-refractivity contribution in [2.75, 3.05) is 25.4 Å². The third kappa shape index (κ3) is 2.96. The lowest BCUT2D eigenvalue weighted by Gasteiger charge is -2.37. The van der Waals surface area contributed by atoms with Crippen LogP contribution in [0, 0.1) is 0 Å². The molecule has 5 nitrogen and oxygen atoms in total. The Bertz CT molecular complexity index is 406. The number of hydrogen-bond donors (Lipinski definition) is 1. The predicted octanol–water partition coefficient (Wildman–Crippen LogP) is 0.712. The second-order valence-corrected chi connectivity index (χ2v) is 7.91. The van der Waals surface area contributed by atoms with Gasteiger partial charge in [0.25, 0.3) is 0 Å². The van der Waals surface area contributed by atoms with Crippen LogP contribution in [0.5, 0.6) is 0 Å². The van der Waals surface area contributed by atoms with Gasteiger partial charge >= 0.3 is 0 Å². The molecule has 3 unspecified atom stereocenters. The van der Waals surface area contributed by atoms with Crippen LogP contribution in [0.3, 0.4) is 0 Å². The number of hydrogen-bond acceptors (Lipinski definition) is 4. The third-order valence-corrected chi connectivity index (χ3v) is 6.60. The van der Waals surface area contributed by atoms with Gasteiger partial charge in [0.2, 0.25) is 10.0 Å². The molecule has 3 atom stereocenters. The van der Waals surface area contributed by atoms with Crippen molar-refractivity contribution in [1.82, 2.24) is 9.62 Å². The highest BCUT2D eigenvalue weighted by atomic mass is 32.2. The molecule has 0 aromatic heterocycles. The first-order chi connectivity index (χ1) is 9.17. The number of ether oxygens (including phenoxy) is 1. The van der Waals surface area contributed by atoms with E-state index in [0.29, 0.717) is 13.2 Å². The minimum atomic E-state index is -3.15. The summed E-state index contributed by atoms with van der Waals surface area (Å²) in [4.78, 5) is 0. The Morgan fingerprint density at radius 2 is 2.05 bits per heavy atom. The monoisotopic (exact) mass is 288 g/mol. The SMILES string of the molecule is O=S(=O)(CC1CCCCN1)N1CCOC2CCCC21. The highest BCUT2D eigenvalue weighted by molar-refractivity contribution is 7.89. The zero-order valence-corrected chi connectivity index (χ0v) is 12.2. The fourth-order valence-corrected chi connectivity index (χ4v) is 5.64. The number of nitrogens with zero attached hydrogens (tertiary/aromatic N) is 1. The smallest absolute Gasteiger partial charge is 0.216 e. The van der Waals surface area contributed by atoms with Crippen LogP contribution in [0.1, 0.15) is 38.5 Å². The van der Waals surface area contributed by atoms with E-state index in [1.807, 2.05) is 0 Å². The Kier molecular flexibility index (Phi) is 4.12. The van der Waals surface area contributed by atoms with Crippen LogP contribution in [0.2, 0.25) is 0 Å². The molecule has 0 aromatic carbocycles. The standard InChI is InChI=1S/C13H24N2O3S/c16-19(17,10-11-4-1-2-7-14-11)15-8-9-18-13-6-3-5-12(13)15/h11-14H,1-10H2. The zero-order chi connectivity index (χ0) is 13.3. The lowest BCUT2D eigenvalue weighted by molar-refractivity contribution is -0.0242. The Hall–Kier alpha value is -0.170. The molecule has 0 bridgehead atoms. The minimum Gasteiger partial charge on any atom is -0.375 e. The molecule has 2 heterocycles. The Labute approximate surface area is 115 Å². The van der Waals surface area contributed by atoms with E-state index in [0.717, 1.165) is 38.6 Å². The molecule has 3 fully saturated rings. The van der Waals surface area contributed by atoms with Crippen LogP contribution in [-0.2, 0) is 14.8 Å². The summed E-state index contributed by atoms with van der Waals surface area (Å²) >= 11 is 0. The second kappa shape index (κ2) is 5.68. The number of fused-ring (bicyclic) bond motifs is 1. The summed E-state index contributed by atoms with van der Waals surface area (Å²) in [5.41, 5.74) is 0. The molecule has 6 heteroatoms. The van der Waals surface area contributed by atoms with E-state index in [1.165, 1.54) is 6.42 Å². The van der Waals surface area contributed by atoms with Crippen LogP contribution < -0.4 is 5.32 Å². The number of nitrogens with one attached hydrogen (secondary N) is 1. The van der Waals surface area contributed by atoms with Crippen LogP contribution in [0.4, 0.5) is 0 Å². The van der Waals surface area contributed by atoms with Crippen molar-refractivity contribution >= 4 is 10.0 Å². The largest absolute Gasteiger partial charge is 0.375 e. The maximum Gasteiger partial charge on any atom is 0.216 e. The number of piperidine rings is 1. The molecule has 0 amide bonds. The molecular weight excluding hydrogens is 264 g/mol. The Morgan fingerprint density at radius 3 is 2.84 bits per heavy atom. The lowest BCUT2D eigenvalue weighted by Crippen LogP contribution is -2.54. The molecule has 2 aliphatic heterocycles. The van der Waals surface area contributed by atoms with Gasteiger partial charge in [-0.25, -0.2) is 8.42 Å². The van der Waals surface area contributed by atoms with Crippen molar-refractivity contribution < 1.29 is 13.2 Å². The van der Waals surface area contributed by atoms with Gasteiger partial charge in [-0.3, -0.25) is 0 Å². The Balaban J connectivity index is 1.68. The normalized spacial score (nSPS) is 37.2. The van der Waals surface area contributed by atoms with Crippen molar-refractivity contribution in [2.24, 2.45) is 0 Å². The molecule has 3 aliphatic rings. The van der Waals surface area contributed by atoms with Crippen LogP contribution in [-0.4, -0.2) is 56.4 Å². The van der Waals surface area contributed by atoms with Crippen LogP contribution >= 0.6 is 0 Å². The summed E-state index contributed by atoms with van der Waals surface area (Å²) < 4.78 is 32.7. The van der Waals surface area contributed by atoms with Crippen molar-refractivity contribution in [3.8, 4) is 0 Å². The van der Waals surface area contributed by atoms with Gasteiger partial charge in [-0.15, -0.1) is 0 Å². The van der Waals surface area contributed by atoms with Crippen molar-refractivity contribution in [1.29, 1.82) is 0 Å². The summed E-state index contributed by atoms with van der Waals surface area (Å²) in [6.45, 7) is 2.05. The number of morpholine rings is 1. The topological polar surface area (TPSA) is 58.6 Å². The molecule has 0 radical (unpaired) electrons. The molecule has 19 heavy (non-hydrogen) atoms. The van der Waals surface area contributed by atoms with E-state index in [2.05, 4.69) is 5.32 Å². The minimum absolute atomic E-state index is 0.0994. The van der Waals surface area contributed by atoms with E-state index < -0.39 is 10.0 Å². The summed E-state index contributed by atoms with van der Waals surface area (Å²) in [5.74, 6) is 0.260. The van der Waals surface area contributed by atoms with Gasteiger partial charge in [0, 0.05) is 12.6 Å². The van der Waals surface area contributed by atoms with Crippen molar-refractivity contribution in [2.45, 2.75) is 56.7 Å². The summed E-state index contributed by atoms with van der Waals surface area (Å²) in [6, 6.07) is 0.240. The van der Waals surface area contributed by atoms with Crippen molar-refractivity contribution in [3.63, 3.8) is 0 Å². The quantitative estimate of drug-likeness (QED) is 0.831. The van der Waals surface area contributed by atoms with Crippen LogP contribution in [0.25, 0.3) is 0 Å². The highest BCUT2D eigenvalue weighted by Crippen LogP contribution is 2.31. The molecule has 1 N–H and O–H groups in total. The average molecular weight is 288 g/mol. The predicted molar refractivity (Wildman–Crippen MR) is 73.5 cm³/mol. The lowest BCUT2D eigenvalue weighted by atomic mass is 10.1. The summed E-state index contributed by atoms with van der Waals surface area (Å²) in [7, 11) is -3.15. The van der Waals surface area contributed by atoms with Crippen molar-refractivity contribution in [3.05, 3.63) is 0 Å². The molecule has 3 rings (SSSR count). The van der Waals surface area contributed by atoms with Gasteiger partial charge in [0.05, 0.1) is 24.5 Å². The molecule has 2 saturated heterocycles. The van der Waals surface area contributed by atoms with Gasteiger partial charge in [0.15, 0.2) is 0 Å². The first-order valence-electron chi connectivity index (χ1n) is 7.51. The fraction of sp³-hybridized carbons (Fsp3) is 1.00. The van der Waals surface area contributed by atoms with Gasteiger partial charge in [-0.1, -0.05) is 6.42 Å². The van der Waals surface area contributed by atoms with Gasteiger partial charge < -0.3 is 10.1 Å². The number of sulfonamides is 1. The maximum atomic E-state index is 12.6. The summed E-state index contributed by atoms with van der Waals surface area (Å²) in [5, 5.41) is 3.34. The maximum absolute atomic E-state index is 12.6. The van der Waals surface area contributed by atoms with Crippen LogP contribution in [0.15, 0.2) is 0 Å². The van der Waals surface area contributed by atoms with E-state index in [9.17, 15) is 8.42 Å². The average Bonchev–Trinajstić information content (AvgIpc) is 2.87. The zero-order valence-electron chi connectivity index (χ0n) is 11.4.